The van der Waals surface area contributed by atoms with Crippen LogP contribution in [0.3, 0.4) is 0 Å². The van der Waals surface area contributed by atoms with E-state index in [0.29, 0.717) is 0 Å². The van der Waals surface area contributed by atoms with E-state index in [1.54, 1.807) is 11.3 Å². The maximum Gasteiger partial charge on any atom is 0.225 e. The Kier molecular flexibility index (Phi) is 5.23. The second kappa shape index (κ2) is 7.40. The van der Waals surface area contributed by atoms with E-state index in [2.05, 4.69) is 23.7 Å². The van der Waals surface area contributed by atoms with Crippen LogP contribution < -0.4 is 5.32 Å². The van der Waals surface area contributed by atoms with Gasteiger partial charge in [-0.15, -0.1) is 11.3 Å². The average molecular weight is 356 g/mol. The third-order valence-corrected chi connectivity index (χ3v) is 5.83. The van der Waals surface area contributed by atoms with Gasteiger partial charge in [-0.25, -0.2) is 0 Å². The second-order valence-electron chi connectivity index (χ2n) is 6.68. The van der Waals surface area contributed by atoms with Gasteiger partial charge < -0.3 is 10.2 Å². The Balaban J connectivity index is 1.76. The van der Waals surface area contributed by atoms with E-state index in [9.17, 15) is 9.59 Å². The fourth-order valence-corrected chi connectivity index (χ4v) is 4.40. The molecule has 2 atom stereocenters. The van der Waals surface area contributed by atoms with Crippen LogP contribution >= 0.6 is 11.3 Å². The van der Waals surface area contributed by atoms with Gasteiger partial charge in [0.2, 0.25) is 11.8 Å². The minimum atomic E-state index is -0.290. The Hall–Kier alpha value is -2.14. The summed E-state index contributed by atoms with van der Waals surface area (Å²) in [5.41, 5.74) is 3.39. The van der Waals surface area contributed by atoms with Crippen molar-refractivity contribution in [2.75, 3.05) is 6.54 Å². The van der Waals surface area contributed by atoms with Crippen molar-refractivity contribution in [2.45, 2.75) is 45.7 Å². The largest absolute Gasteiger partial charge is 0.349 e. The number of carbonyl (C=O) groups excluding carboxylic acids is 2. The molecule has 1 aliphatic rings. The Morgan fingerprint density at radius 1 is 1.28 bits per heavy atom. The zero-order valence-electron chi connectivity index (χ0n) is 14.9. The van der Waals surface area contributed by atoms with Crippen molar-refractivity contribution in [3.8, 4) is 0 Å². The van der Waals surface area contributed by atoms with E-state index < -0.39 is 0 Å². The molecular formula is C20H24N2O2S. The van der Waals surface area contributed by atoms with Crippen molar-refractivity contribution in [3.63, 3.8) is 0 Å². The lowest BCUT2D eigenvalue weighted by Gasteiger charge is -2.34. The van der Waals surface area contributed by atoms with Gasteiger partial charge in [-0.3, -0.25) is 9.59 Å². The van der Waals surface area contributed by atoms with Gasteiger partial charge in [0.05, 0.1) is 18.5 Å². The zero-order valence-corrected chi connectivity index (χ0v) is 15.7. The Labute approximate surface area is 152 Å². The zero-order chi connectivity index (χ0) is 18.0. The van der Waals surface area contributed by atoms with Crippen molar-refractivity contribution in [2.24, 2.45) is 0 Å². The highest BCUT2D eigenvalue weighted by molar-refractivity contribution is 7.10. The standard InChI is InChI=1S/C20H24N2O2S/c1-13-4-6-16(7-5-13)18(21-15(3)23)12-20(24)22-10-8-19-17(14(22)2)9-11-25-19/h4-7,9,11,14,18H,8,10,12H2,1-3H3,(H,21,23)/t14-,18-/m0/s1. The van der Waals surface area contributed by atoms with Gasteiger partial charge in [0, 0.05) is 18.3 Å². The molecule has 4 nitrogen and oxygen atoms in total. The van der Waals surface area contributed by atoms with Crippen molar-refractivity contribution >= 4 is 23.2 Å². The van der Waals surface area contributed by atoms with Crippen molar-refractivity contribution in [1.29, 1.82) is 0 Å². The number of amides is 2. The van der Waals surface area contributed by atoms with E-state index in [0.717, 1.165) is 24.1 Å². The third-order valence-electron chi connectivity index (χ3n) is 4.83. The van der Waals surface area contributed by atoms with E-state index in [1.807, 2.05) is 36.1 Å². The van der Waals surface area contributed by atoms with Crippen LogP contribution in [0.2, 0.25) is 0 Å². The number of nitrogens with one attached hydrogen (secondary N) is 1. The monoisotopic (exact) mass is 356 g/mol. The fourth-order valence-electron chi connectivity index (χ4n) is 3.44. The van der Waals surface area contributed by atoms with Crippen LogP contribution in [0, 0.1) is 6.92 Å². The normalized spacial score (nSPS) is 17.7. The average Bonchev–Trinajstić information content (AvgIpc) is 3.04. The second-order valence-corrected chi connectivity index (χ2v) is 7.68. The molecule has 0 bridgehead atoms. The van der Waals surface area contributed by atoms with Crippen molar-refractivity contribution in [1.82, 2.24) is 10.2 Å². The summed E-state index contributed by atoms with van der Waals surface area (Å²) in [7, 11) is 0. The molecule has 3 rings (SSSR count). The molecule has 5 heteroatoms. The molecule has 0 saturated heterocycles. The summed E-state index contributed by atoms with van der Waals surface area (Å²) in [5, 5.41) is 5.03. The third kappa shape index (κ3) is 3.93. The first-order chi connectivity index (χ1) is 12.0. The predicted molar refractivity (Wildman–Crippen MR) is 101 cm³/mol. The summed E-state index contributed by atoms with van der Waals surface area (Å²) >= 11 is 1.77. The first-order valence-electron chi connectivity index (χ1n) is 8.65. The van der Waals surface area contributed by atoms with Crippen LogP contribution in [0.1, 0.15) is 53.9 Å². The van der Waals surface area contributed by atoms with Gasteiger partial charge in [0.25, 0.3) is 0 Å². The molecule has 1 N–H and O–H groups in total. The predicted octanol–water partition coefficient (Wildman–Crippen LogP) is 3.77. The van der Waals surface area contributed by atoms with Gasteiger partial charge >= 0.3 is 0 Å². The van der Waals surface area contributed by atoms with Crippen LogP contribution in [0.4, 0.5) is 0 Å². The van der Waals surface area contributed by atoms with Gasteiger partial charge in [-0.1, -0.05) is 29.8 Å². The lowest BCUT2D eigenvalue weighted by molar-refractivity contribution is -0.134. The highest BCUT2D eigenvalue weighted by Crippen LogP contribution is 2.34. The van der Waals surface area contributed by atoms with E-state index in [4.69, 9.17) is 0 Å². The molecule has 1 aromatic carbocycles. The number of fused-ring (bicyclic) bond motifs is 1. The molecule has 0 aliphatic carbocycles. The smallest absolute Gasteiger partial charge is 0.225 e. The van der Waals surface area contributed by atoms with Crippen LogP contribution in [-0.2, 0) is 16.0 Å². The number of hydrogen-bond donors (Lipinski definition) is 1. The van der Waals surface area contributed by atoms with Gasteiger partial charge in [0.1, 0.15) is 0 Å². The maximum atomic E-state index is 13.0. The molecule has 132 valence electrons. The highest BCUT2D eigenvalue weighted by atomic mass is 32.1. The molecule has 0 unspecified atom stereocenters. The van der Waals surface area contributed by atoms with E-state index >= 15 is 0 Å². The minimum Gasteiger partial charge on any atom is -0.349 e. The SMILES string of the molecule is CC(=O)N[C@@H](CC(=O)N1CCc2sccc2[C@@H]1C)c1ccc(C)cc1. The summed E-state index contributed by atoms with van der Waals surface area (Å²) < 4.78 is 0. The molecule has 2 aromatic rings. The Morgan fingerprint density at radius 2 is 2.00 bits per heavy atom. The van der Waals surface area contributed by atoms with E-state index in [-0.39, 0.29) is 30.3 Å². The number of aryl methyl sites for hydroxylation is 1. The number of carbonyl (C=O) groups is 2. The first kappa shape index (κ1) is 17.7. The molecule has 1 aliphatic heterocycles. The molecule has 2 amide bonds. The molecular weight excluding hydrogens is 332 g/mol. The Morgan fingerprint density at radius 3 is 2.68 bits per heavy atom. The van der Waals surface area contributed by atoms with E-state index in [1.165, 1.54) is 17.4 Å². The van der Waals surface area contributed by atoms with Crippen LogP contribution in [0.5, 0.6) is 0 Å². The molecule has 2 heterocycles. The molecule has 0 spiro atoms. The lowest BCUT2D eigenvalue weighted by Crippen LogP contribution is -2.40. The summed E-state index contributed by atoms with van der Waals surface area (Å²) in [6.45, 7) is 6.35. The van der Waals surface area contributed by atoms with Crippen molar-refractivity contribution in [3.05, 3.63) is 57.3 Å². The number of rotatable bonds is 4. The number of hydrogen-bond acceptors (Lipinski definition) is 3. The minimum absolute atomic E-state index is 0.0867. The Bertz CT molecular complexity index is 766. The van der Waals surface area contributed by atoms with Crippen LogP contribution in [0.15, 0.2) is 35.7 Å². The molecule has 0 radical (unpaired) electrons. The highest BCUT2D eigenvalue weighted by Gasteiger charge is 2.30. The molecule has 1 aromatic heterocycles. The number of thiophene rings is 1. The summed E-state index contributed by atoms with van der Waals surface area (Å²) in [5.74, 6) is -0.0335. The molecule has 0 saturated carbocycles. The summed E-state index contributed by atoms with van der Waals surface area (Å²) in [6, 6.07) is 9.92. The molecule has 0 fully saturated rings. The first-order valence-corrected chi connectivity index (χ1v) is 9.53. The van der Waals surface area contributed by atoms with Crippen molar-refractivity contribution < 1.29 is 9.59 Å². The summed E-state index contributed by atoms with van der Waals surface area (Å²) in [6.07, 6.45) is 1.20. The summed E-state index contributed by atoms with van der Waals surface area (Å²) in [4.78, 5) is 27.9. The van der Waals surface area contributed by atoms with Crippen LogP contribution in [-0.4, -0.2) is 23.3 Å². The number of benzene rings is 1. The van der Waals surface area contributed by atoms with Gasteiger partial charge in [0.15, 0.2) is 0 Å². The van der Waals surface area contributed by atoms with Gasteiger partial charge in [-0.2, -0.15) is 0 Å². The topological polar surface area (TPSA) is 49.4 Å². The quantitative estimate of drug-likeness (QED) is 0.906. The fraction of sp³-hybridized carbons (Fsp3) is 0.400. The maximum absolute atomic E-state index is 13.0. The number of nitrogens with zero attached hydrogens (tertiary/aromatic N) is 1. The molecule has 25 heavy (non-hydrogen) atoms. The van der Waals surface area contributed by atoms with Crippen LogP contribution in [0.25, 0.3) is 0 Å². The lowest BCUT2D eigenvalue weighted by atomic mass is 9.98. The van der Waals surface area contributed by atoms with Gasteiger partial charge in [-0.05, 0) is 42.8 Å².